The second-order valence-electron chi connectivity index (χ2n) is 11.2. The van der Waals surface area contributed by atoms with Crippen molar-refractivity contribution in [2.24, 2.45) is 40.9 Å². The molecule has 0 amide bonds. The van der Waals surface area contributed by atoms with Crippen LogP contribution in [0.2, 0.25) is 0 Å². The van der Waals surface area contributed by atoms with Crippen molar-refractivity contribution in [3.05, 3.63) is 6.33 Å². The molecule has 0 aromatic carbocycles. The third-order valence-electron chi connectivity index (χ3n) is 9.60. The highest BCUT2D eigenvalue weighted by Gasteiger charge is 2.57. The zero-order valence-corrected chi connectivity index (χ0v) is 18.5. The van der Waals surface area contributed by atoms with E-state index in [2.05, 4.69) is 22.1 Å². The molecular weight excluding hydrogens is 378 g/mol. The van der Waals surface area contributed by atoms with Gasteiger partial charge in [0.25, 0.3) is 0 Å². The van der Waals surface area contributed by atoms with E-state index in [1.54, 1.807) is 0 Å². The molecule has 4 saturated carbocycles. The largest absolute Gasteiger partial charge is 0.454 e. The fourth-order valence-corrected chi connectivity index (χ4v) is 8.31. The van der Waals surface area contributed by atoms with Crippen molar-refractivity contribution >= 4 is 5.78 Å². The highest BCUT2D eigenvalue weighted by Crippen LogP contribution is 2.63. The molecule has 0 bridgehead atoms. The van der Waals surface area contributed by atoms with Gasteiger partial charge in [-0.1, -0.05) is 13.3 Å². The van der Waals surface area contributed by atoms with E-state index in [1.807, 2.05) is 6.92 Å². The minimum absolute atomic E-state index is 0.0821. The summed E-state index contributed by atoms with van der Waals surface area (Å²) in [6, 6.07) is 0.260. The van der Waals surface area contributed by atoms with Gasteiger partial charge in [0.15, 0.2) is 12.4 Å². The number of hydrogen-bond donors (Lipinski definition) is 2. The number of nitrogens with one attached hydrogen (secondary N) is 1. The minimum atomic E-state index is -0.456. The Kier molecular flexibility index (Phi) is 5.19. The first-order valence-corrected chi connectivity index (χ1v) is 12.1. The van der Waals surface area contributed by atoms with Crippen LogP contribution in [0.5, 0.6) is 6.01 Å². The second-order valence-corrected chi connectivity index (χ2v) is 11.2. The van der Waals surface area contributed by atoms with Gasteiger partial charge < -0.3 is 9.84 Å². The van der Waals surface area contributed by atoms with Crippen molar-refractivity contribution in [2.75, 3.05) is 6.61 Å². The van der Waals surface area contributed by atoms with Gasteiger partial charge in [-0.15, -0.1) is 5.10 Å². The number of ketones is 1. The van der Waals surface area contributed by atoms with Crippen molar-refractivity contribution in [1.82, 2.24) is 15.2 Å². The molecule has 2 N–H and O–H groups in total. The number of rotatable bonds is 4. The first-order valence-electron chi connectivity index (χ1n) is 12.1. The molecule has 8 atom stereocenters. The molecule has 1 heterocycles. The summed E-state index contributed by atoms with van der Waals surface area (Å²) in [5, 5.41) is 17.1. The average Bonchev–Trinajstić information content (AvgIpc) is 3.23. The van der Waals surface area contributed by atoms with Crippen molar-refractivity contribution < 1.29 is 14.6 Å². The van der Waals surface area contributed by atoms with Gasteiger partial charge in [-0.3, -0.25) is 9.89 Å². The number of fused-ring (bicyclic) bond motifs is 5. The molecule has 4 aliphatic rings. The summed E-state index contributed by atoms with van der Waals surface area (Å²) < 4.78 is 5.56. The van der Waals surface area contributed by atoms with E-state index < -0.39 is 5.60 Å². The number of hydrogen-bond acceptors (Lipinski definition) is 5. The molecule has 4 fully saturated rings. The van der Waals surface area contributed by atoms with Crippen LogP contribution >= 0.6 is 0 Å². The van der Waals surface area contributed by atoms with Crippen LogP contribution in [0.25, 0.3) is 0 Å². The van der Waals surface area contributed by atoms with E-state index in [9.17, 15) is 9.90 Å². The standard InChI is InChI=1S/C24H37N3O3/c1-23(29)10-8-16-15(12-23)6-7-18-17(16)9-11-24(2)19(18)4-3-5-20(24)21(28)13-30-22-25-14-26-27-22/h14-20,29H,3-13H2,1-2H3,(H,25,26,27)/t15-,16+,17-,18-,19+,20-,23-,24+/m1/s1. The van der Waals surface area contributed by atoms with Crippen LogP contribution in [0, 0.1) is 40.9 Å². The number of Topliss-reactive ketones (excluding diaryl/α,β-unsaturated/α-hetero) is 1. The van der Waals surface area contributed by atoms with Gasteiger partial charge in [0.2, 0.25) is 0 Å². The summed E-state index contributed by atoms with van der Waals surface area (Å²) in [5.41, 5.74) is -0.353. The summed E-state index contributed by atoms with van der Waals surface area (Å²) in [6.45, 7) is 4.52. The van der Waals surface area contributed by atoms with Crippen molar-refractivity contribution in [3.63, 3.8) is 0 Å². The Hall–Kier alpha value is -1.43. The van der Waals surface area contributed by atoms with E-state index in [0.29, 0.717) is 11.8 Å². The molecule has 1 aromatic rings. The Bertz CT molecular complexity index is 764. The van der Waals surface area contributed by atoms with Crippen molar-refractivity contribution in [1.29, 1.82) is 0 Å². The topological polar surface area (TPSA) is 88.1 Å². The van der Waals surface area contributed by atoms with Crippen LogP contribution in [0.4, 0.5) is 0 Å². The Morgan fingerprint density at radius 3 is 2.77 bits per heavy atom. The number of carbonyl (C=O) groups is 1. The number of H-pyrrole nitrogens is 1. The van der Waals surface area contributed by atoms with E-state index in [-0.39, 0.29) is 29.7 Å². The van der Waals surface area contributed by atoms with Crippen LogP contribution in [-0.4, -0.2) is 38.3 Å². The van der Waals surface area contributed by atoms with E-state index in [1.165, 1.54) is 38.4 Å². The lowest BCUT2D eigenvalue weighted by atomic mass is 9.44. The summed E-state index contributed by atoms with van der Waals surface area (Å²) in [4.78, 5) is 17.2. The number of aliphatic hydroxyl groups is 1. The normalized spacial score (nSPS) is 45.7. The average molecular weight is 416 g/mol. The molecule has 5 rings (SSSR count). The molecule has 0 unspecified atom stereocenters. The predicted octanol–water partition coefficient (Wildman–Crippen LogP) is 4.16. The minimum Gasteiger partial charge on any atom is -0.454 e. The molecule has 0 aliphatic heterocycles. The number of nitrogens with zero attached hydrogens (tertiary/aromatic N) is 2. The van der Waals surface area contributed by atoms with Crippen LogP contribution in [0.3, 0.4) is 0 Å². The van der Waals surface area contributed by atoms with Gasteiger partial charge >= 0.3 is 6.01 Å². The number of carbonyl (C=O) groups excluding carboxylic acids is 1. The molecule has 0 radical (unpaired) electrons. The number of aromatic amines is 1. The van der Waals surface area contributed by atoms with E-state index in [4.69, 9.17) is 4.74 Å². The SMILES string of the molecule is C[C@@]1(O)CC[C@H]2[C@H](CC[C@@H]3[C@@H]2CC[C@]2(C)[C@@H](C(=O)COc4nc[nH]n4)CCC[C@@H]32)C1. The number of aromatic nitrogens is 3. The summed E-state index contributed by atoms with van der Waals surface area (Å²) >= 11 is 0. The van der Waals surface area contributed by atoms with E-state index in [0.717, 1.165) is 49.9 Å². The summed E-state index contributed by atoms with van der Waals surface area (Å²) in [6.07, 6.45) is 13.0. The molecule has 166 valence electrons. The predicted molar refractivity (Wildman–Crippen MR) is 113 cm³/mol. The van der Waals surface area contributed by atoms with Gasteiger partial charge in [0.1, 0.15) is 6.33 Å². The molecule has 0 spiro atoms. The molecule has 4 aliphatic carbocycles. The van der Waals surface area contributed by atoms with Crippen molar-refractivity contribution in [2.45, 2.75) is 83.7 Å². The molecule has 30 heavy (non-hydrogen) atoms. The molecule has 6 heteroatoms. The van der Waals surface area contributed by atoms with Crippen LogP contribution in [0.1, 0.15) is 78.1 Å². The van der Waals surface area contributed by atoms with Gasteiger partial charge in [-0.05, 0) is 99.7 Å². The van der Waals surface area contributed by atoms with E-state index >= 15 is 0 Å². The fraction of sp³-hybridized carbons (Fsp3) is 0.875. The maximum atomic E-state index is 13.2. The summed E-state index contributed by atoms with van der Waals surface area (Å²) in [5.74, 6) is 4.04. The monoisotopic (exact) mass is 415 g/mol. The molecular formula is C24H37N3O3. The van der Waals surface area contributed by atoms with Gasteiger partial charge in [-0.2, -0.15) is 4.98 Å². The number of ether oxygens (including phenoxy) is 1. The molecule has 1 aromatic heterocycles. The zero-order chi connectivity index (χ0) is 20.9. The lowest BCUT2D eigenvalue weighted by Crippen LogP contribution is -2.55. The maximum absolute atomic E-state index is 13.2. The smallest absolute Gasteiger partial charge is 0.335 e. The summed E-state index contributed by atoms with van der Waals surface area (Å²) in [7, 11) is 0. The Morgan fingerprint density at radius 2 is 1.97 bits per heavy atom. The maximum Gasteiger partial charge on any atom is 0.335 e. The first-order chi connectivity index (χ1) is 14.4. The second kappa shape index (κ2) is 7.61. The first kappa shape index (κ1) is 20.5. The van der Waals surface area contributed by atoms with Crippen LogP contribution in [-0.2, 0) is 4.79 Å². The molecule has 0 saturated heterocycles. The molecule has 6 nitrogen and oxygen atoms in total. The third-order valence-corrected chi connectivity index (χ3v) is 9.60. The Balaban J connectivity index is 1.30. The third kappa shape index (κ3) is 3.49. The van der Waals surface area contributed by atoms with Gasteiger partial charge in [-0.25, -0.2) is 0 Å². The van der Waals surface area contributed by atoms with Crippen LogP contribution in [0.15, 0.2) is 6.33 Å². The van der Waals surface area contributed by atoms with Crippen LogP contribution < -0.4 is 4.74 Å². The zero-order valence-electron chi connectivity index (χ0n) is 18.5. The lowest BCUT2D eigenvalue weighted by molar-refractivity contribution is -0.149. The quantitative estimate of drug-likeness (QED) is 0.771. The van der Waals surface area contributed by atoms with Gasteiger partial charge in [0, 0.05) is 5.92 Å². The lowest BCUT2D eigenvalue weighted by Gasteiger charge is -2.60. The highest BCUT2D eigenvalue weighted by atomic mass is 16.5. The Labute approximate surface area is 179 Å². The Morgan fingerprint density at radius 1 is 1.13 bits per heavy atom. The fourth-order valence-electron chi connectivity index (χ4n) is 8.31. The van der Waals surface area contributed by atoms with Crippen molar-refractivity contribution in [3.8, 4) is 6.01 Å². The van der Waals surface area contributed by atoms with Gasteiger partial charge in [0.05, 0.1) is 5.60 Å². The highest BCUT2D eigenvalue weighted by molar-refractivity contribution is 5.83.